The van der Waals surface area contributed by atoms with E-state index in [2.05, 4.69) is 14.9 Å². The third-order valence-corrected chi connectivity index (χ3v) is 5.22. The molecule has 0 spiro atoms. The number of aromatic nitrogens is 2. The molecule has 0 fully saturated rings. The standard InChI is InChI=1S/C12H15N3O4S2/c1-3-8-7-9(12(16)19-4-2)11(20-8)15-21(17,18)10-5-6-13-14-10/h5-7,15H,3-4H2,1-2H3,(H,13,14). The minimum absolute atomic E-state index is 0.0660. The highest BCUT2D eigenvalue weighted by Crippen LogP contribution is 2.31. The fourth-order valence-electron chi connectivity index (χ4n) is 1.62. The van der Waals surface area contributed by atoms with E-state index in [-0.39, 0.29) is 22.2 Å². The molecule has 7 nitrogen and oxygen atoms in total. The van der Waals surface area contributed by atoms with Gasteiger partial charge in [-0.05, 0) is 25.5 Å². The predicted octanol–water partition coefficient (Wildman–Crippen LogP) is 2.01. The number of ether oxygens (including phenoxy) is 1. The Hall–Kier alpha value is -1.87. The van der Waals surface area contributed by atoms with Gasteiger partial charge in [0.25, 0.3) is 10.0 Å². The first kappa shape index (κ1) is 15.5. The zero-order chi connectivity index (χ0) is 15.5. The summed E-state index contributed by atoms with van der Waals surface area (Å²) in [5, 5.41) is 6.17. The lowest BCUT2D eigenvalue weighted by Crippen LogP contribution is -2.15. The maximum absolute atomic E-state index is 12.2. The summed E-state index contributed by atoms with van der Waals surface area (Å²) in [5.74, 6) is -0.546. The molecule has 0 bridgehead atoms. The Balaban J connectivity index is 2.35. The number of nitrogens with zero attached hydrogens (tertiary/aromatic N) is 1. The number of hydrogen-bond acceptors (Lipinski definition) is 6. The Morgan fingerprint density at radius 2 is 2.24 bits per heavy atom. The number of hydrogen-bond donors (Lipinski definition) is 2. The number of carbonyl (C=O) groups excluding carboxylic acids is 1. The molecule has 21 heavy (non-hydrogen) atoms. The summed E-state index contributed by atoms with van der Waals surface area (Å²) in [7, 11) is -3.80. The van der Waals surface area contributed by atoms with E-state index in [0.717, 1.165) is 4.88 Å². The molecular weight excluding hydrogens is 314 g/mol. The number of nitrogens with one attached hydrogen (secondary N) is 2. The van der Waals surface area contributed by atoms with E-state index < -0.39 is 16.0 Å². The van der Waals surface area contributed by atoms with E-state index in [4.69, 9.17) is 4.74 Å². The number of anilines is 1. The van der Waals surface area contributed by atoms with Gasteiger partial charge in [0.1, 0.15) is 5.00 Å². The molecule has 2 aromatic rings. The molecule has 2 rings (SSSR count). The Kier molecular flexibility index (Phi) is 4.63. The van der Waals surface area contributed by atoms with Crippen LogP contribution in [0.25, 0.3) is 0 Å². The Morgan fingerprint density at radius 3 is 2.81 bits per heavy atom. The van der Waals surface area contributed by atoms with Gasteiger partial charge in [-0.25, -0.2) is 4.79 Å². The lowest BCUT2D eigenvalue weighted by molar-refractivity contribution is 0.0528. The fraction of sp³-hybridized carbons (Fsp3) is 0.333. The number of sulfonamides is 1. The van der Waals surface area contributed by atoms with Crippen molar-refractivity contribution in [3.05, 3.63) is 28.8 Å². The molecule has 0 aliphatic heterocycles. The summed E-state index contributed by atoms with van der Waals surface area (Å²) in [4.78, 5) is 12.8. The van der Waals surface area contributed by atoms with Crippen LogP contribution in [0.3, 0.4) is 0 Å². The van der Waals surface area contributed by atoms with Crippen molar-refractivity contribution in [2.75, 3.05) is 11.3 Å². The zero-order valence-electron chi connectivity index (χ0n) is 11.5. The van der Waals surface area contributed by atoms with E-state index in [9.17, 15) is 13.2 Å². The average molecular weight is 329 g/mol. The molecule has 9 heteroatoms. The highest BCUT2D eigenvalue weighted by molar-refractivity contribution is 7.92. The second kappa shape index (κ2) is 6.27. The van der Waals surface area contributed by atoms with Gasteiger partial charge in [-0.2, -0.15) is 13.5 Å². The van der Waals surface area contributed by atoms with Crippen molar-refractivity contribution in [1.82, 2.24) is 10.2 Å². The number of carbonyl (C=O) groups is 1. The number of rotatable bonds is 6. The van der Waals surface area contributed by atoms with Gasteiger partial charge >= 0.3 is 5.97 Å². The van der Waals surface area contributed by atoms with E-state index in [1.54, 1.807) is 13.0 Å². The van der Waals surface area contributed by atoms with Crippen molar-refractivity contribution in [3.8, 4) is 0 Å². The monoisotopic (exact) mass is 329 g/mol. The van der Waals surface area contributed by atoms with Crippen LogP contribution in [0.1, 0.15) is 29.1 Å². The lowest BCUT2D eigenvalue weighted by Gasteiger charge is -2.06. The maximum Gasteiger partial charge on any atom is 0.341 e. The summed E-state index contributed by atoms with van der Waals surface area (Å²) >= 11 is 1.21. The molecule has 2 N–H and O–H groups in total. The molecule has 0 aliphatic carbocycles. The predicted molar refractivity (Wildman–Crippen MR) is 79.0 cm³/mol. The molecule has 0 saturated heterocycles. The highest BCUT2D eigenvalue weighted by Gasteiger charge is 2.23. The molecule has 0 radical (unpaired) electrons. The van der Waals surface area contributed by atoms with Crippen molar-refractivity contribution in [3.63, 3.8) is 0 Å². The zero-order valence-corrected chi connectivity index (χ0v) is 13.2. The summed E-state index contributed by atoms with van der Waals surface area (Å²) in [6, 6.07) is 2.98. The Labute approximate surface area is 126 Å². The number of esters is 1. The maximum atomic E-state index is 12.2. The molecule has 0 aliphatic rings. The van der Waals surface area contributed by atoms with Gasteiger partial charge in [-0.15, -0.1) is 11.3 Å². The lowest BCUT2D eigenvalue weighted by atomic mass is 10.2. The molecule has 2 aromatic heterocycles. The van der Waals surface area contributed by atoms with Gasteiger partial charge in [0.15, 0.2) is 5.03 Å². The van der Waals surface area contributed by atoms with Crippen LogP contribution in [0.2, 0.25) is 0 Å². The second-order valence-corrected chi connectivity index (χ2v) is 6.84. The van der Waals surface area contributed by atoms with Gasteiger partial charge in [-0.3, -0.25) is 9.82 Å². The average Bonchev–Trinajstić information content (AvgIpc) is 3.07. The van der Waals surface area contributed by atoms with Crippen LogP contribution in [0.5, 0.6) is 0 Å². The highest BCUT2D eigenvalue weighted by atomic mass is 32.2. The van der Waals surface area contributed by atoms with Crippen molar-refractivity contribution < 1.29 is 17.9 Å². The Morgan fingerprint density at radius 1 is 1.48 bits per heavy atom. The molecule has 0 unspecified atom stereocenters. The molecule has 2 heterocycles. The van der Waals surface area contributed by atoms with Gasteiger partial charge in [0, 0.05) is 4.88 Å². The summed E-state index contributed by atoms with van der Waals surface area (Å²) in [6.45, 7) is 3.84. The van der Waals surface area contributed by atoms with E-state index in [1.807, 2.05) is 6.92 Å². The van der Waals surface area contributed by atoms with Crippen LogP contribution in [-0.2, 0) is 21.2 Å². The quantitative estimate of drug-likeness (QED) is 0.790. The second-order valence-electron chi connectivity index (χ2n) is 4.06. The van der Waals surface area contributed by atoms with Crippen molar-refractivity contribution >= 4 is 32.3 Å². The SMILES string of the molecule is CCOC(=O)c1cc(CC)sc1NS(=O)(=O)c1ccn[nH]1. The summed E-state index contributed by atoms with van der Waals surface area (Å²) in [6.07, 6.45) is 2.04. The van der Waals surface area contributed by atoms with Gasteiger partial charge < -0.3 is 4.74 Å². The van der Waals surface area contributed by atoms with Crippen LogP contribution in [0.15, 0.2) is 23.4 Å². The number of thiophene rings is 1. The smallest absolute Gasteiger partial charge is 0.341 e. The minimum Gasteiger partial charge on any atom is -0.462 e. The van der Waals surface area contributed by atoms with E-state index in [1.165, 1.54) is 23.6 Å². The number of H-pyrrole nitrogens is 1. The Bertz CT molecular complexity index is 720. The largest absolute Gasteiger partial charge is 0.462 e. The minimum atomic E-state index is -3.80. The van der Waals surface area contributed by atoms with Crippen LogP contribution in [0.4, 0.5) is 5.00 Å². The first-order valence-electron chi connectivity index (χ1n) is 6.30. The van der Waals surface area contributed by atoms with Crippen LogP contribution in [0, 0.1) is 0 Å². The van der Waals surface area contributed by atoms with Gasteiger partial charge in [0.2, 0.25) is 0 Å². The van der Waals surface area contributed by atoms with Crippen molar-refractivity contribution in [2.24, 2.45) is 0 Å². The molecule has 114 valence electrons. The first-order valence-corrected chi connectivity index (χ1v) is 8.60. The molecule has 0 saturated carbocycles. The van der Waals surface area contributed by atoms with Gasteiger partial charge in [0.05, 0.1) is 18.4 Å². The van der Waals surface area contributed by atoms with Crippen molar-refractivity contribution in [2.45, 2.75) is 25.3 Å². The number of aromatic amines is 1. The van der Waals surface area contributed by atoms with E-state index in [0.29, 0.717) is 6.42 Å². The molecular formula is C12H15N3O4S2. The van der Waals surface area contributed by atoms with Crippen molar-refractivity contribution in [1.29, 1.82) is 0 Å². The van der Waals surface area contributed by atoms with Gasteiger partial charge in [-0.1, -0.05) is 6.92 Å². The molecule has 0 aromatic carbocycles. The summed E-state index contributed by atoms with van der Waals surface area (Å²) < 4.78 is 31.7. The van der Waals surface area contributed by atoms with E-state index >= 15 is 0 Å². The third kappa shape index (κ3) is 3.42. The first-order chi connectivity index (χ1) is 9.97. The molecule has 0 atom stereocenters. The third-order valence-electron chi connectivity index (χ3n) is 2.62. The fourth-order valence-corrected chi connectivity index (χ4v) is 3.83. The molecule has 0 amide bonds. The number of aryl methyl sites for hydroxylation is 1. The topological polar surface area (TPSA) is 101 Å². The normalized spacial score (nSPS) is 11.3. The summed E-state index contributed by atoms with van der Waals surface area (Å²) in [5.41, 5.74) is 0.224. The van der Waals surface area contributed by atoms with Crippen LogP contribution in [-0.4, -0.2) is 31.2 Å². The van der Waals surface area contributed by atoms with Crippen LogP contribution >= 0.6 is 11.3 Å². The van der Waals surface area contributed by atoms with Crippen LogP contribution < -0.4 is 4.72 Å².